The van der Waals surface area contributed by atoms with E-state index >= 15 is 0 Å². The monoisotopic (exact) mass is 291 g/mol. The molecule has 8 heteroatoms. The summed E-state index contributed by atoms with van der Waals surface area (Å²) in [4.78, 5) is 10.6. The SMILES string of the molecule is CCCN(CCN(C)C)c1cc(N)nc(C(F)(F)F)n1. The molecule has 1 aromatic heterocycles. The molecule has 114 valence electrons. The van der Waals surface area contributed by atoms with Crippen LogP contribution in [0.4, 0.5) is 24.8 Å². The summed E-state index contributed by atoms with van der Waals surface area (Å²) in [5.41, 5.74) is 5.46. The minimum absolute atomic E-state index is 0.173. The number of rotatable bonds is 6. The molecule has 1 heterocycles. The molecule has 20 heavy (non-hydrogen) atoms. The third-order valence-corrected chi connectivity index (χ3v) is 2.62. The number of hydrogen-bond donors (Lipinski definition) is 1. The lowest BCUT2D eigenvalue weighted by atomic mass is 10.3. The van der Waals surface area contributed by atoms with E-state index in [-0.39, 0.29) is 11.6 Å². The fraction of sp³-hybridized carbons (Fsp3) is 0.667. The first-order chi connectivity index (χ1) is 9.24. The van der Waals surface area contributed by atoms with Crippen LogP contribution in [0.1, 0.15) is 19.2 Å². The Morgan fingerprint density at radius 2 is 1.80 bits per heavy atom. The van der Waals surface area contributed by atoms with E-state index in [4.69, 9.17) is 5.73 Å². The Hall–Kier alpha value is -1.57. The van der Waals surface area contributed by atoms with E-state index < -0.39 is 12.0 Å². The maximum absolute atomic E-state index is 12.7. The fourth-order valence-corrected chi connectivity index (χ4v) is 1.67. The van der Waals surface area contributed by atoms with Crippen molar-refractivity contribution < 1.29 is 13.2 Å². The van der Waals surface area contributed by atoms with Gasteiger partial charge in [-0.2, -0.15) is 13.2 Å². The van der Waals surface area contributed by atoms with Crippen molar-refractivity contribution in [3.8, 4) is 0 Å². The lowest BCUT2D eigenvalue weighted by Crippen LogP contribution is -2.33. The maximum Gasteiger partial charge on any atom is 0.451 e. The van der Waals surface area contributed by atoms with Crippen LogP contribution >= 0.6 is 0 Å². The number of anilines is 2. The van der Waals surface area contributed by atoms with Gasteiger partial charge in [0.25, 0.3) is 0 Å². The Labute approximate surface area is 116 Å². The lowest BCUT2D eigenvalue weighted by molar-refractivity contribution is -0.144. The Morgan fingerprint density at radius 3 is 2.30 bits per heavy atom. The standard InChI is InChI=1S/C12H20F3N5/c1-4-5-20(7-6-19(2)3)10-8-9(16)17-11(18-10)12(13,14)15/h8H,4-7H2,1-3H3,(H2,16,17,18). The van der Waals surface area contributed by atoms with Gasteiger partial charge >= 0.3 is 6.18 Å². The first-order valence-corrected chi connectivity index (χ1v) is 6.35. The zero-order valence-corrected chi connectivity index (χ0v) is 11.9. The van der Waals surface area contributed by atoms with Crippen molar-refractivity contribution in [2.75, 3.05) is 44.4 Å². The molecule has 2 N–H and O–H groups in total. The average Bonchev–Trinajstić information content (AvgIpc) is 2.32. The normalized spacial score (nSPS) is 11.9. The van der Waals surface area contributed by atoms with Gasteiger partial charge < -0.3 is 15.5 Å². The van der Waals surface area contributed by atoms with Gasteiger partial charge in [-0.25, -0.2) is 9.97 Å². The molecule has 0 aliphatic heterocycles. The summed E-state index contributed by atoms with van der Waals surface area (Å²) < 4.78 is 38.1. The van der Waals surface area contributed by atoms with E-state index in [1.54, 1.807) is 4.90 Å². The van der Waals surface area contributed by atoms with Gasteiger partial charge in [0.05, 0.1) is 0 Å². The molecule has 0 saturated carbocycles. The summed E-state index contributed by atoms with van der Waals surface area (Å²) in [5.74, 6) is -1.15. The predicted molar refractivity (Wildman–Crippen MR) is 72.5 cm³/mol. The van der Waals surface area contributed by atoms with Gasteiger partial charge in [0.1, 0.15) is 11.6 Å². The van der Waals surface area contributed by atoms with Gasteiger partial charge in [-0.05, 0) is 20.5 Å². The molecule has 0 saturated heterocycles. The molecule has 1 aromatic rings. The highest BCUT2D eigenvalue weighted by molar-refractivity contribution is 5.47. The van der Waals surface area contributed by atoms with E-state index in [0.717, 1.165) is 6.42 Å². The molecular formula is C12H20F3N5. The van der Waals surface area contributed by atoms with Crippen LogP contribution in [0.2, 0.25) is 0 Å². The first kappa shape index (κ1) is 16.5. The molecule has 0 atom stereocenters. The molecule has 0 radical (unpaired) electrons. The molecule has 0 aliphatic carbocycles. The van der Waals surface area contributed by atoms with E-state index in [1.807, 2.05) is 25.9 Å². The predicted octanol–water partition coefficient (Wildman–Crippen LogP) is 1.86. The Morgan fingerprint density at radius 1 is 1.15 bits per heavy atom. The van der Waals surface area contributed by atoms with Crippen molar-refractivity contribution >= 4 is 11.6 Å². The van der Waals surface area contributed by atoms with Crippen LogP contribution in [0.3, 0.4) is 0 Å². The van der Waals surface area contributed by atoms with Crippen LogP contribution in [0, 0.1) is 0 Å². The Kier molecular flexibility index (Phi) is 5.55. The largest absolute Gasteiger partial charge is 0.451 e. The average molecular weight is 291 g/mol. The zero-order valence-electron chi connectivity index (χ0n) is 11.9. The number of aromatic nitrogens is 2. The first-order valence-electron chi connectivity index (χ1n) is 6.35. The number of nitrogen functional groups attached to an aromatic ring is 1. The van der Waals surface area contributed by atoms with Gasteiger partial charge in [0.15, 0.2) is 0 Å². The van der Waals surface area contributed by atoms with Gasteiger partial charge in [0, 0.05) is 25.7 Å². The van der Waals surface area contributed by atoms with E-state index in [9.17, 15) is 13.2 Å². The second kappa shape index (κ2) is 6.74. The number of halogens is 3. The van der Waals surface area contributed by atoms with Crippen molar-refractivity contribution in [2.45, 2.75) is 19.5 Å². The van der Waals surface area contributed by atoms with Crippen LogP contribution < -0.4 is 10.6 Å². The van der Waals surface area contributed by atoms with Crippen LogP contribution in [-0.4, -0.2) is 48.6 Å². The smallest absolute Gasteiger partial charge is 0.384 e. The minimum atomic E-state index is -4.59. The lowest BCUT2D eigenvalue weighted by Gasteiger charge is -2.25. The molecule has 0 fully saturated rings. The van der Waals surface area contributed by atoms with Gasteiger partial charge in [0.2, 0.25) is 5.82 Å². The van der Waals surface area contributed by atoms with Crippen LogP contribution in [0.25, 0.3) is 0 Å². The third kappa shape index (κ3) is 4.84. The third-order valence-electron chi connectivity index (χ3n) is 2.62. The van der Waals surface area contributed by atoms with E-state index in [0.29, 0.717) is 19.6 Å². The summed E-state index contributed by atoms with van der Waals surface area (Å²) in [6.45, 7) is 3.86. The summed E-state index contributed by atoms with van der Waals surface area (Å²) in [6.07, 6.45) is -3.79. The topological polar surface area (TPSA) is 58.3 Å². The molecule has 5 nitrogen and oxygen atoms in total. The number of nitrogens with two attached hydrogens (primary N) is 1. The molecule has 0 spiro atoms. The van der Waals surface area contributed by atoms with E-state index in [2.05, 4.69) is 9.97 Å². The Bertz CT molecular complexity index is 434. The van der Waals surface area contributed by atoms with Crippen molar-refractivity contribution in [2.24, 2.45) is 0 Å². The van der Waals surface area contributed by atoms with Crippen molar-refractivity contribution in [1.82, 2.24) is 14.9 Å². The van der Waals surface area contributed by atoms with E-state index in [1.165, 1.54) is 6.07 Å². The number of likely N-dealkylation sites (N-methyl/N-ethyl adjacent to an activating group) is 1. The van der Waals surface area contributed by atoms with Crippen LogP contribution in [-0.2, 0) is 6.18 Å². The van der Waals surface area contributed by atoms with Gasteiger partial charge in [-0.15, -0.1) is 0 Å². The molecule has 0 unspecified atom stereocenters. The summed E-state index contributed by atoms with van der Waals surface area (Å²) in [7, 11) is 3.80. The van der Waals surface area contributed by atoms with Gasteiger partial charge in [-0.1, -0.05) is 6.92 Å². The van der Waals surface area contributed by atoms with Crippen molar-refractivity contribution in [3.63, 3.8) is 0 Å². The highest BCUT2D eigenvalue weighted by Gasteiger charge is 2.35. The highest BCUT2D eigenvalue weighted by atomic mass is 19.4. The number of nitrogens with zero attached hydrogens (tertiary/aromatic N) is 4. The zero-order chi connectivity index (χ0) is 15.3. The second-order valence-corrected chi connectivity index (χ2v) is 4.76. The van der Waals surface area contributed by atoms with Crippen LogP contribution in [0.5, 0.6) is 0 Å². The molecule has 0 aromatic carbocycles. The fourth-order valence-electron chi connectivity index (χ4n) is 1.67. The molecule has 0 amide bonds. The molecule has 0 bridgehead atoms. The quantitative estimate of drug-likeness (QED) is 0.867. The second-order valence-electron chi connectivity index (χ2n) is 4.76. The molecule has 0 aliphatic rings. The highest BCUT2D eigenvalue weighted by Crippen LogP contribution is 2.28. The van der Waals surface area contributed by atoms with Gasteiger partial charge in [-0.3, -0.25) is 0 Å². The number of hydrogen-bond acceptors (Lipinski definition) is 5. The minimum Gasteiger partial charge on any atom is -0.384 e. The summed E-state index contributed by atoms with van der Waals surface area (Å²) in [6, 6.07) is 1.38. The molecule has 1 rings (SSSR count). The molecular weight excluding hydrogens is 271 g/mol. The van der Waals surface area contributed by atoms with Crippen molar-refractivity contribution in [3.05, 3.63) is 11.9 Å². The maximum atomic E-state index is 12.7. The number of alkyl halides is 3. The summed E-state index contributed by atoms with van der Waals surface area (Å²) in [5, 5.41) is 0. The Balaban J connectivity index is 3.03. The van der Waals surface area contributed by atoms with Crippen molar-refractivity contribution in [1.29, 1.82) is 0 Å². The van der Waals surface area contributed by atoms with Crippen LogP contribution in [0.15, 0.2) is 6.07 Å². The summed E-state index contributed by atoms with van der Waals surface area (Å²) >= 11 is 0.